The number of hydrogen-bond donors (Lipinski definition) is 2. The molecule has 110 valence electrons. The molecule has 2 rings (SSSR count). The van der Waals surface area contributed by atoms with Gasteiger partial charge in [0.25, 0.3) is 5.91 Å². The van der Waals surface area contributed by atoms with Gasteiger partial charge in [-0.05, 0) is 37.1 Å². The van der Waals surface area contributed by atoms with Gasteiger partial charge in [-0.15, -0.1) is 0 Å². The third kappa shape index (κ3) is 3.67. The number of nitrogens with one attached hydrogen (secondary N) is 1. The van der Waals surface area contributed by atoms with Crippen LogP contribution in [0.25, 0.3) is 0 Å². The first-order valence-electron chi connectivity index (χ1n) is 6.84. The summed E-state index contributed by atoms with van der Waals surface area (Å²) in [7, 11) is 0. The number of aryl methyl sites for hydroxylation is 2. The van der Waals surface area contributed by atoms with Crippen LogP contribution in [-0.2, 0) is 13.1 Å². The minimum atomic E-state index is -0.348. The van der Waals surface area contributed by atoms with Crippen molar-refractivity contribution in [1.29, 1.82) is 0 Å². The SMILES string of the molecule is Cc1ccc(C(=O)NCc2ccc(CN)cc2F)c(C)c1. The minimum Gasteiger partial charge on any atom is -0.348 e. The molecule has 0 unspecified atom stereocenters. The lowest BCUT2D eigenvalue weighted by molar-refractivity contribution is 0.0950. The second kappa shape index (κ2) is 6.50. The normalized spacial score (nSPS) is 10.5. The summed E-state index contributed by atoms with van der Waals surface area (Å²) in [5.74, 6) is -0.548. The zero-order chi connectivity index (χ0) is 15.4. The molecule has 2 aromatic rings. The Labute approximate surface area is 124 Å². The highest BCUT2D eigenvalue weighted by Gasteiger charge is 2.10. The van der Waals surface area contributed by atoms with E-state index in [9.17, 15) is 9.18 Å². The van der Waals surface area contributed by atoms with Gasteiger partial charge in [0.1, 0.15) is 5.82 Å². The van der Waals surface area contributed by atoms with Crippen molar-refractivity contribution < 1.29 is 9.18 Å². The highest BCUT2D eigenvalue weighted by molar-refractivity contribution is 5.95. The van der Waals surface area contributed by atoms with Crippen molar-refractivity contribution in [3.8, 4) is 0 Å². The Morgan fingerprint density at radius 3 is 2.57 bits per heavy atom. The van der Waals surface area contributed by atoms with Crippen LogP contribution >= 0.6 is 0 Å². The number of carbonyl (C=O) groups is 1. The zero-order valence-corrected chi connectivity index (χ0v) is 12.2. The third-order valence-electron chi connectivity index (χ3n) is 3.42. The van der Waals surface area contributed by atoms with E-state index in [4.69, 9.17) is 5.73 Å². The molecule has 0 fully saturated rings. The van der Waals surface area contributed by atoms with Gasteiger partial charge in [0.15, 0.2) is 0 Å². The van der Waals surface area contributed by atoms with Gasteiger partial charge >= 0.3 is 0 Å². The van der Waals surface area contributed by atoms with E-state index in [2.05, 4.69) is 5.32 Å². The summed E-state index contributed by atoms with van der Waals surface area (Å²) in [5.41, 5.74) is 9.27. The van der Waals surface area contributed by atoms with Crippen LogP contribution < -0.4 is 11.1 Å². The Bertz CT molecular complexity index is 668. The summed E-state index contributed by atoms with van der Waals surface area (Å²) in [4.78, 5) is 12.1. The Balaban J connectivity index is 2.07. The Morgan fingerprint density at radius 1 is 1.19 bits per heavy atom. The van der Waals surface area contributed by atoms with Gasteiger partial charge in [-0.25, -0.2) is 4.39 Å². The van der Waals surface area contributed by atoms with Crippen molar-refractivity contribution >= 4 is 5.91 Å². The average molecular weight is 286 g/mol. The van der Waals surface area contributed by atoms with Gasteiger partial charge in [0.05, 0.1) is 0 Å². The lowest BCUT2D eigenvalue weighted by Crippen LogP contribution is -2.24. The molecule has 3 nitrogen and oxygen atoms in total. The van der Waals surface area contributed by atoms with E-state index >= 15 is 0 Å². The van der Waals surface area contributed by atoms with Crippen molar-refractivity contribution in [2.45, 2.75) is 26.9 Å². The first kappa shape index (κ1) is 15.2. The van der Waals surface area contributed by atoms with Crippen LogP contribution in [0.4, 0.5) is 4.39 Å². The van der Waals surface area contributed by atoms with Crippen molar-refractivity contribution in [3.05, 3.63) is 70.0 Å². The van der Waals surface area contributed by atoms with Crippen LogP contribution in [0.1, 0.15) is 32.6 Å². The van der Waals surface area contributed by atoms with Crippen LogP contribution in [-0.4, -0.2) is 5.91 Å². The standard InChI is InChI=1S/C17H19FN2O/c1-11-3-6-15(12(2)7-11)17(21)20-10-14-5-4-13(9-19)8-16(14)18/h3-8H,9-10,19H2,1-2H3,(H,20,21). The first-order chi connectivity index (χ1) is 10.0. The summed E-state index contributed by atoms with van der Waals surface area (Å²) in [5, 5.41) is 2.74. The number of rotatable bonds is 4. The predicted molar refractivity (Wildman–Crippen MR) is 81.4 cm³/mol. The topological polar surface area (TPSA) is 55.1 Å². The fourth-order valence-corrected chi connectivity index (χ4v) is 2.20. The second-order valence-corrected chi connectivity index (χ2v) is 5.13. The van der Waals surface area contributed by atoms with E-state index in [-0.39, 0.29) is 18.3 Å². The van der Waals surface area contributed by atoms with Gasteiger partial charge in [-0.2, -0.15) is 0 Å². The highest BCUT2D eigenvalue weighted by Crippen LogP contribution is 2.12. The molecule has 0 aliphatic rings. The lowest BCUT2D eigenvalue weighted by atomic mass is 10.0. The van der Waals surface area contributed by atoms with Gasteiger partial charge in [0.2, 0.25) is 0 Å². The summed E-state index contributed by atoms with van der Waals surface area (Å²) < 4.78 is 13.8. The fourth-order valence-electron chi connectivity index (χ4n) is 2.20. The van der Waals surface area contributed by atoms with Crippen molar-refractivity contribution in [2.24, 2.45) is 5.73 Å². The Kier molecular flexibility index (Phi) is 4.70. The maximum atomic E-state index is 13.8. The highest BCUT2D eigenvalue weighted by atomic mass is 19.1. The molecule has 0 aliphatic heterocycles. The van der Waals surface area contributed by atoms with E-state index in [0.717, 1.165) is 16.7 Å². The molecule has 0 aliphatic carbocycles. The maximum absolute atomic E-state index is 13.8. The first-order valence-corrected chi connectivity index (χ1v) is 6.84. The second-order valence-electron chi connectivity index (χ2n) is 5.13. The van der Waals surface area contributed by atoms with Crippen LogP contribution in [0, 0.1) is 19.7 Å². The molecule has 0 saturated heterocycles. The number of amides is 1. The summed E-state index contributed by atoms with van der Waals surface area (Å²) in [6.45, 7) is 4.32. The van der Waals surface area contributed by atoms with E-state index in [1.54, 1.807) is 18.2 Å². The molecular weight excluding hydrogens is 267 g/mol. The van der Waals surface area contributed by atoms with Crippen molar-refractivity contribution in [2.75, 3.05) is 0 Å². The molecule has 0 atom stereocenters. The third-order valence-corrected chi connectivity index (χ3v) is 3.42. The molecule has 0 aromatic heterocycles. The van der Waals surface area contributed by atoms with E-state index in [1.165, 1.54) is 6.07 Å². The number of carbonyl (C=O) groups excluding carboxylic acids is 1. The molecule has 0 saturated carbocycles. The van der Waals surface area contributed by atoms with Crippen LogP contribution in [0.3, 0.4) is 0 Å². The van der Waals surface area contributed by atoms with E-state index < -0.39 is 0 Å². The maximum Gasteiger partial charge on any atom is 0.251 e. The molecule has 0 bridgehead atoms. The van der Waals surface area contributed by atoms with Gasteiger partial charge in [0, 0.05) is 24.2 Å². The van der Waals surface area contributed by atoms with Crippen LogP contribution in [0.2, 0.25) is 0 Å². The van der Waals surface area contributed by atoms with Crippen molar-refractivity contribution in [3.63, 3.8) is 0 Å². The van der Waals surface area contributed by atoms with Crippen molar-refractivity contribution in [1.82, 2.24) is 5.32 Å². The summed E-state index contributed by atoms with van der Waals surface area (Å²) in [6, 6.07) is 10.4. The number of benzene rings is 2. The number of nitrogens with two attached hydrogens (primary N) is 1. The summed E-state index contributed by atoms with van der Waals surface area (Å²) in [6.07, 6.45) is 0. The Hall–Kier alpha value is -2.20. The predicted octanol–water partition coefficient (Wildman–Crippen LogP) is 2.83. The molecule has 0 spiro atoms. The lowest BCUT2D eigenvalue weighted by Gasteiger charge is -2.10. The molecule has 2 aromatic carbocycles. The number of hydrogen-bond acceptors (Lipinski definition) is 2. The molecular formula is C17H19FN2O. The number of halogens is 1. The molecule has 0 radical (unpaired) electrons. The molecule has 1 amide bonds. The van der Waals surface area contributed by atoms with Gasteiger partial charge in [-0.1, -0.05) is 29.8 Å². The van der Waals surface area contributed by atoms with Gasteiger partial charge < -0.3 is 11.1 Å². The zero-order valence-electron chi connectivity index (χ0n) is 12.2. The molecule has 0 heterocycles. The average Bonchev–Trinajstić information content (AvgIpc) is 2.45. The minimum absolute atomic E-state index is 0.156. The molecule has 4 heteroatoms. The van der Waals surface area contributed by atoms with E-state index in [1.807, 2.05) is 26.0 Å². The smallest absolute Gasteiger partial charge is 0.251 e. The molecule has 3 N–H and O–H groups in total. The quantitative estimate of drug-likeness (QED) is 0.908. The fraction of sp³-hybridized carbons (Fsp3) is 0.235. The van der Waals surface area contributed by atoms with E-state index in [0.29, 0.717) is 17.7 Å². The summed E-state index contributed by atoms with van der Waals surface area (Å²) >= 11 is 0. The van der Waals surface area contributed by atoms with Crippen LogP contribution in [0.15, 0.2) is 36.4 Å². The van der Waals surface area contributed by atoms with Gasteiger partial charge in [-0.3, -0.25) is 4.79 Å². The molecule has 21 heavy (non-hydrogen) atoms. The monoisotopic (exact) mass is 286 g/mol. The Morgan fingerprint density at radius 2 is 1.95 bits per heavy atom. The van der Waals surface area contributed by atoms with Crippen LogP contribution in [0.5, 0.6) is 0 Å². The largest absolute Gasteiger partial charge is 0.348 e.